The summed E-state index contributed by atoms with van der Waals surface area (Å²) >= 11 is 0. The normalized spacial score (nSPS) is 11.9. The number of methoxy groups -OCH3 is 1. The van der Waals surface area contributed by atoms with Gasteiger partial charge in [-0.1, -0.05) is 12.1 Å². The first kappa shape index (κ1) is 18.1. The lowest BCUT2D eigenvalue weighted by Crippen LogP contribution is -2.23. The molecule has 0 bridgehead atoms. The molecule has 8 heteroatoms. The maximum atomic E-state index is 12.4. The van der Waals surface area contributed by atoms with E-state index in [1.807, 2.05) is 6.07 Å². The molecule has 0 aliphatic rings. The SMILES string of the molecule is COC(=O)c1c[nH]c(=O)c([C@H](CC(N)=O)c2ccc3ncccc3c2)c1O. The van der Waals surface area contributed by atoms with Gasteiger partial charge in [-0.15, -0.1) is 0 Å². The number of ether oxygens (including phenoxy) is 1. The van der Waals surface area contributed by atoms with Crippen LogP contribution in [0.25, 0.3) is 10.9 Å². The molecule has 27 heavy (non-hydrogen) atoms. The molecule has 0 spiro atoms. The Balaban J connectivity index is 2.22. The number of amides is 1. The van der Waals surface area contributed by atoms with Crippen LogP contribution in [0.3, 0.4) is 0 Å². The van der Waals surface area contributed by atoms with Gasteiger partial charge in [0.25, 0.3) is 5.56 Å². The van der Waals surface area contributed by atoms with Crippen LogP contribution >= 0.6 is 0 Å². The Labute approximate surface area is 153 Å². The first-order valence-corrected chi connectivity index (χ1v) is 8.08. The molecule has 0 saturated heterocycles. The number of aromatic amines is 1. The predicted molar refractivity (Wildman–Crippen MR) is 97.5 cm³/mol. The Morgan fingerprint density at radius 3 is 2.81 bits per heavy atom. The highest BCUT2D eigenvalue weighted by atomic mass is 16.5. The Hall–Kier alpha value is -3.68. The fraction of sp³-hybridized carbons (Fsp3) is 0.158. The number of H-pyrrole nitrogens is 1. The van der Waals surface area contributed by atoms with Gasteiger partial charge < -0.3 is 20.6 Å². The quantitative estimate of drug-likeness (QED) is 0.584. The summed E-state index contributed by atoms with van der Waals surface area (Å²) in [5.74, 6) is -2.86. The van der Waals surface area contributed by atoms with E-state index >= 15 is 0 Å². The number of carbonyl (C=O) groups excluding carboxylic acids is 2. The number of nitrogens with two attached hydrogens (primary N) is 1. The number of hydrogen-bond acceptors (Lipinski definition) is 6. The molecule has 2 heterocycles. The van der Waals surface area contributed by atoms with Crippen LogP contribution in [0, 0.1) is 0 Å². The van der Waals surface area contributed by atoms with Gasteiger partial charge in [-0.25, -0.2) is 4.79 Å². The summed E-state index contributed by atoms with van der Waals surface area (Å²) in [6, 6.07) is 8.81. The molecule has 1 atom stereocenters. The molecule has 2 aromatic heterocycles. The number of hydrogen-bond donors (Lipinski definition) is 3. The molecule has 138 valence electrons. The standard InChI is InChI=1S/C19H17N3O5/c1-27-19(26)13-9-22-18(25)16(17(13)24)12(8-15(20)23)10-4-5-14-11(7-10)3-2-6-21-14/h2-7,9,12H,8H2,1H3,(H2,20,23)(H2,22,24,25)/t12-/m1/s1. The van der Waals surface area contributed by atoms with Crippen LogP contribution in [-0.2, 0) is 9.53 Å². The van der Waals surface area contributed by atoms with Gasteiger partial charge in [-0.05, 0) is 23.8 Å². The molecule has 0 saturated carbocycles. The maximum absolute atomic E-state index is 12.4. The van der Waals surface area contributed by atoms with Gasteiger partial charge >= 0.3 is 5.97 Å². The fourth-order valence-corrected chi connectivity index (χ4v) is 3.02. The van der Waals surface area contributed by atoms with E-state index in [2.05, 4.69) is 14.7 Å². The van der Waals surface area contributed by atoms with E-state index in [9.17, 15) is 19.5 Å². The topological polar surface area (TPSA) is 135 Å². The predicted octanol–water partition coefficient (Wildman–Crippen LogP) is 1.42. The van der Waals surface area contributed by atoms with Crippen LogP contribution < -0.4 is 11.3 Å². The molecular weight excluding hydrogens is 350 g/mol. The lowest BCUT2D eigenvalue weighted by molar-refractivity contribution is -0.118. The van der Waals surface area contributed by atoms with Crippen molar-refractivity contribution in [3.05, 3.63) is 69.8 Å². The van der Waals surface area contributed by atoms with Crippen molar-refractivity contribution in [1.29, 1.82) is 0 Å². The number of rotatable bonds is 5. The third-order valence-electron chi connectivity index (χ3n) is 4.29. The van der Waals surface area contributed by atoms with Crippen molar-refractivity contribution in [3.63, 3.8) is 0 Å². The highest BCUT2D eigenvalue weighted by molar-refractivity contribution is 5.92. The molecule has 0 unspecified atom stereocenters. The van der Waals surface area contributed by atoms with E-state index in [-0.39, 0.29) is 17.5 Å². The smallest absolute Gasteiger partial charge is 0.343 e. The zero-order valence-electron chi connectivity index (χ0n) is 14.4. The molecular formula is C19H17N3O5. The first-order chi connectivity index (χ1) is 12.9. The zero-order chi connectivity index (χ0) is 19.6. The summed E-state index contributed by atoms with van der Waals surface area (Å²) in [6.07, 6.45) is 2.49. The van der Waals surface area contributed by atoms with Crippen molar-refractivity contribution in [2.45, 2.75) is 12.3 Å². The molecule has 8 nitrogen and oxygen atoms in total. The zero-order valence-corrected chi connectivity index (χ0v) is 14.4. The summed E-state index contributed by atoms with van der Waals surface area (Å²) in [5, 5.41) is 11.3. The summed E-state index contributed by atoms with van der Waals surface area (Å²) in [6.45, 7) is 0. The van der Waals surface area contributed by atoms with Gasteiger partial charge in [-0.2, -0.15) is 0 Å². The number of benzene rings is 1. The van der Waals surface area contributed by atoms with Crippen LogP contribution in [0.2, 0.25) is 0 Å². The van der Waals surface area contributed by atoms with E-state index in [1.54, 1.807) is 30.5 Å². The number of primary amides is 1. The maximum Gasteiger partial charge on any atom is 0.343 e. The average molecular weight is 367 g/mol. The fourth-order valence-electron chi connectivity index (χ4n) is 3.02. The van der Waals surface area contributed by atoms with Crippen molar-refractivity contribution >= 4 is 22.8 Å². The van der Waals surface area contributed by atoms with Crippen molar-refractivity contribution in [2.24, 2.45) is 5.73 Å². The number of carbonyl (C=O) groups is 2. The van der Waals surface area contributed by atoms with Crippen LogP contribution in [0.5, 0.6) is 5.75 Å². The number of pyridine rings is 2. The third-order valence-corrected chi connectivity index (χ3v) is 4.29. The molecule has 3 rings (SSSR count). The van der Waals surface area contributed by atoms with Gasteiger partial charge in [0.2, 0.25) is 5.91 Å². The van der Waals surface area contributed by atoms with Crippen molar-refractivity contribution in [1.82, 2.24) is 9.97 Å². The molecule has 0 aliphatic carbocycles. The minimum atomic E-state index is -0.847. The summed E-state index contributed by atoms with van der Waals surface area (Å²) < 4.78 is 4.62. The lowest BCUT2D eigenvalue weighted by atomic mass is 9.87. The second kappa shape index (κ2) is 7.28. The largest absolute Gasteiger partial charge is 0.506 e. The number of esters is 1. The minimum absolute atomic E-state index is 0.125. The second-order valence-electron chi connectivity index (χ2n) is 5.96. The Kier molecular flexibility index (Phi) is 4.89. The molecule has 4 N–H and O–H groups in total. The first-order valence-electron chi connectivity index (χ1n) is 8.08. The van der Waals surface area contributed by atoms with Gasteiger partial charge in [-0.3, -0.25) is 14.6 Å². The Bertz CT molecular complexity index is 1090. The molecule has 1 aromatic carbocycles. The number of nitrogens with zero attached hydrogens (tertiary/aromatic N) is 1. The van der Waals surface area contributed by atoms with Crippen LogP contribution in [0.1, 0.15) is 33.8 Å². The monoisotopic (exact) mass is 367 g/mol. The summed E-state index contributed by atoms with van der Waals surface area (Å²) in [5.41, 5.74) is 5.73. The molecule has 1 amide bonds. The average Bonchev–Trinajstić information content (AvgIpc) is 2.66. The van der Waals surface area contributed by atoms with Gasteiger partial charge in [0.1, 0.15) is 11.3 Å². The van der Waals surface area contributed by atoms with E-state index in [4.69, 9.17) is 5.73 Å². The van der Waals surface area contributed by atoms with Crippen molar-refractivity contribution < 1.29 is 19.4 Å². The van der Waals surface area contributed by atoms with Crippen molar-refractivity contribution in [3.8, 4) is 5.75 Å². The van der Waals surface area contributed by atoms with Gasteiger partial charge in [0, 0.05) is 30.1 Å². The van der Waals surface area contributed by atoms with Crippen molar-refractivity contribution in [2.75, 3.05) is 7.11 Å². The lowest BCUT2D eigenvalue weighted by Gasteiger charge is -2.18. The van der Waals surface area contributed by atoms with E-state index in [1.165, 1.54) is 0 Å². The molecule has 0 radical (unpaired) electrons. The van der Waals surface area contributed by atoms with E-state index in [0.29, 0.717) is 5.56 Å². The minimum Gasteiger partial charge on any atom is -0.506 e. The van der Waals surface area contributed by atoms with Gasteiger partial charge in [0.15, 0.2) is 0 Å². The van der Waals surface area contributed by atoms with Gasteiger partial charge in [0.05, 0.1) is 18.2 Å². The van der Waals surface area contributed by atoms with E-state index < -0.39 is 29.1 Å². The second-order valence-corrected chi connectivity index (χ2v) is 5.96. The number of aromatic nitrogens is 2. The Morgan fingerprint density at radius 2 is 2.11 bits per heavy atom. The summed E-state index contributed by atoms with van der Waals surface area (Å²) in [4.78, 5) is 42.6. The molecule has 0 fully saturated rings. The number of nitrogens with one attached hydrogen (secondary N) is 1. The molecule has 3 aromatic rings. The van der Waals surface area contributed by atoms with Crippen LogP contribution in [0.15, 0.2) is 47.5 Å². The van der Waals surface area contributed by atoms with E-state index in [0.717, 1.165) is 24.2 Å². The van der Waals surface area contributed by atoms with Crippen LogP contribution in [-0.4, -0.2) is 34.1 Å². The number of aromatic hydroxyl groups is 1. The summed E-state index contributed by atoms with van der Waals surface area (Å²) in [7, 11) is 1.16. The third kappa shape index (κ3) is 3.50. The molecule has 0 aliphatic heterocycles. The Morgan fingerprint density at radius 1 is 1.33 bits per heavy atom. The highest BCUT2D eigenvalue weighted by Gasteiger charge is 2.27. The highest BCUT2D eigenvalue weighted by Crippen LogP contribution is 2.34. The number of fused-ring (bicyclic) bond motifs is 1. The van der Waals surface area contributed by atoms with Crippen LogP contribution in [0.4, 0.5) is 0 Å².